The van der Waals surface area contributed by atoms with E-state index in [-0.39, 0.29) is 17.6 Å². The first-order valence-electron chi connectivity index (χ1n) is 6.89. The van der Waals surface area contributed by atoms with Crippen LogP contribution in [-0.2, 0) is 4.74 Å². The van der Waals surface area contributed by atoms with Gasteiger partial charge in [0.05, 0.1) is 18.2 Å². The normalized spacial score (nSPS) is 11.8. The fourth-order valence-corrected chi connectivity index (χ4v) is 2.09. The number of ether oxygens (including phenoxy) is 1. The van der Waals surface area contributed by atoms with Crippen LogP contribution in [0, 0.1) is 6.92 Å². The van der Waals surface area contributed by atoms with E-state index in [1.54, 1.807) is 26.2 Å². The van der Waals surface area contributed by atoms with Gasteiger partial charge in [0.25, 0.3) is 0 Å². The first-order valence-corrected chi connectivity index (χ1v) is 6.89. The molecule has 1 atom stereocenters. The van der Waals surface area contributed by atoms with Crippen molar-refractivity contribution in [1.29, 1.82) is 0 Å². The summed E-state index contributed by atoms with van der Waals surface area (Å²) in [7, 11) is 1.59. The molecule has 0 bridgehead atoms. The van der Waals surface area contributed by atoms with Crippen LogP contribution in [0.2, 0.25) is 0 Å². The number of carboxylic acids is 1. The Morgan fingerprint density at radius 1 is 1.38 bits per heavy atom. The van der Waals surface area contributed by atoms with E-state index in [9.17, 15) is 9.59 Å². The van der Waals surface area contributed by atoms with Crippen LogP contribution in [0.15, 0.2) is 18.2 Å². The summed E-state index contributed by atoms with van der Waals surface area (Å²) >= 11 is 0. The Kier molecular flexibility index (Phi) is 6.68. The van der Waals surface area contributed by atoms with Gasteiger partial charge in [0.2, 0.25) is 0 Å². The number of carbonyl (C=O) groups excluding carboxylic acids is 1. The molecule has 0 aromatic heterocycles. The van der Waals surface area contributed by atoms with E-state index in [1.165, 1.54) is 6.07 Å². The van der Waals surface area contributed by atoms with Crippen molar-refractivity contribution in [2.75, 3.05) is 19.0 Å². The molecule has 6 nitrogen and oxygen atoms in total. The number of nitrogens with one attached hydrogen (secondary N) is 2. The van der Waals surface area contributed by atoms with Gasteiger partial charge < -0.3 is 20.5 Å². The number of carbonyl (C=O) groups is 2. The molecule has 1 unspecified atom stereocenters. The molecule has 0 heterocycles. The highest BCUT2D eigenvalue weighted by Crippen LogP contribution is 2.18. The van der Waals surface area contributed by atoms with Crippen LogP contribution in [0.4, 0.5) is 10.5 Å². The Hall–Kier alpha value is -2.08. The average Bonchev–Trinajstić information content (AvgIpc) is 2.41. The minimum atomic E-state index is -1.01. The number of methoxy groups -OCH3 is 1. The largest absolute Gasteiger partial charge is 0.478 e. The lowest BCUT2D eigenvalue weighted by Gasteiger charge is -2.18. The van der Waals surface area contributed by atoms with Gasteiger partial charge in [-0.2, -0.15) is 0 Å². The predicted molar refractivity (Wildman–Crippen MR) is 80.9 cm³/mol. The lowest BCUT2D eigenvalue weighted by Crippen LogP contribution is -2.40. The Bertz CT molecular complexity index is 496. The summed E-state index contributed by atoms with van der Waals surface area (Å²) in [6.45, 7) is 4.13. The van der Waals surface area contributed by atoms with Gasteiger partial charge in [-0.25, -0.2) is 9.59 Å². The Balaban J connectivity index is 2.74. The van der Waals surface area contributed by atoms with Crippen LogP contribution in [0.1, 0.15) is 35.7 Å². The summed E-state index contributed by atoms with van der Waals surface area (Å²) < 4.78 is 5.06. The van der Waals surface area contributed by atoms with Gasteiger partial charge >= 0.3 is 12.0 Å². The van der Waals surface area contributed by atoms with Gasteiger partial charge in [0.15, 0.2) is 0 Å². The number of rotatable bonds is 7. The lowest BCUT2D eigenvalue weighted by atomic mass is 10.1. The molecule has 0 saturated carbocycles. The number of benzene rings is 1. The number of anilines is 1. The van der Waals surface area contributed by atoms with Crippen molar-refractivity contribution in [3.63, 3.8) is 0 Å². The third-order valence-corrected chi connectivity index (χ3v) is 3.15. The van der Waals surface area contributed by atoms with Gasteiger partial charge in [-0.1, -0.05) is 19.4 Å². The number of aromatic carboxylic acids is 1. The molecule has 21 heavy (non-hydrogen) atoms. The zero-order valence-electron chi connectivity index (χ0n) is 12.6. The van der Waals surface area contributed by atoms with Crippen molar-refractivity contribution < 1.29 is 19.4 Å². The van der Waals surface area contributed by atoms with Crippen LogP contribution in [0.3, 0.4) is 0 Å². The molecule has 1 rings (SSSR count). The zero-order chi connectivity index (χ0) is 15.8. The van der Waals surface area contributed by atoms with Crippen LogP contribution < -0.4 is 10.6 Å². The van der Waals surface area contributed by atoms with E-state index in [4.69, 9.17) is 9.84 Å². The molecule has 0 saturated heterocycles. The third kappa shape index (κ3) is 5.07. The van der Waals surface area contributed by atoms with Gasteiger partial charge in [0.1, 0.15) is 0 Å². The van der Waals surface area contributed by atoms with Crippen LogP contribution >= 0.6 is 0 Å². The minimum Gasteiger partial charge on any atom is -0.478 e. The van der Waals surface area contributed by atoms with Crippen LogP contribution in [-0.4, -0.2) is 36.9 Å². The molecule has 0 aliphatic rings. The summed E-state index contributed by atoms with van der Waals surface area (Å²) in [5.74, 6) is -1.01. The molecule has 0 aliphatic carbocycles. The van der Waals surface area contributed by atoms with Crippen molar-refractivity contribution in [1.82, 2.24) is 5.32 Å². The summed E-state index contributed by atoms with van der Waals surface area (Å²) in [5.41, 5.74) is 1.19. The smallest absolute Gasteiger partial charge is 0.336 e. The van der Waals surface area contributed by atoms with E-state index in [0.29, 0.717) is 17.9 Å². The predicted octanol–water partition coefficient (Wildman–Crippen LogP) is 2.63. The zero-order valence-corrected chi connectivity index (χ0v) is 12.6. The number of carboxylic acid groups (broad SMARTS) is 1. The summed E-state index contributed by atoms with van der Waals surface area (Å²) in [4.78, 5) is 23.0. The molecular weight excluding hydrogens is 272 g/mol. The highest BCUT2D eigenvalue weighted by atomic mass is 16.5. The standard InChI is InChI=1S/C15H22N2O4/c1-4-6-11(9-21-3)16-15(20)17-13-8-5-7-12(10(13)2)14(18)19/h5,7-8,11H,4,6,9H2,1-3H3,(H,18,19)(H2,16,17,20). The van der Waals surface area contributed by atoms with Gasteiger partial charge in [0, 0.05) is 12.8 Å². The topological polar surface area (TPSA) is 87.7 Å². The molecule has 2 amide bonds. The second kappa shape index (κ2) is 8.26. The fourth-order valence-electron chi connectivity index (χ4n) is 2.09. The number of hydrogen-bond donors (Lipinski definition) is 3. The molecule has 1 aromatic carbocycles. The van der Waals surface area contributed by atoms with Crippen molar-refractivity contribution in [3.05, 3.63) is 29.3 Å². The molecule has 116 valence electrons. The second-order valence-corrected chi connectivity index (χ2v) is 4.82. The van der Waals surface area contributed by atoms with Crippen molar-refractivity contribution in [2.45, 2.75) is 32.7 Å². The summed E-state index contributed by atoms with van der Waals surface area (Å²) in [6.07, 6.45) is 1.75. The Labute approximate surface area is 124 Å². The third-order valence-electron chi connectivity index (χ3n) is 3.15. The van der Waals surface area contributed by atoms with Crippen molar-refractivity contribution in [3.8, 4) is 0 Å². The van der Waals surface area contributed by atoms with E-state index in [1.807, 2.05) is 6.92 Å². The van der Waals surface area contributed by atoms with Gasteiger partial charge in [-0.3, -0.25) is 0 Å². The van der Waals surface area contributed by atoms with Gasteiger partial charge in [-0.05, 0) is 31.0 Å². The Morgan fingerprint density at radius 3 is 2.67 bits per heavy atom. The van der Waals surface area contributed by atoms with E-state index in [0.717, 1.165) is 12.8 Å². The molecular formula is C15H22N2O4. The number of amides is 2. The van der Waals surface area contributed by atoms with Crippen LogP contribution in [0.5, 0.6) is 0 Å². The maximum Gasteiger partial charge on any atom is 0.336 e. The molecule has 3 N–H and O–H groups in total. The second-order valence-electron chi connectivity index (χ2n) is 4.82. The maximum absolute atomic E-state index is 12.0. The van der Waals surface area contributed by atoms with Crippen molar-refractivity contribution in [2.24, 2.45) is 0 Å². The lowest BCUT2D eigenvalue weighted by molar-refractivity contribution is 0.0696. The summed E-state index contributed by atoms with van der Waals surface area (Å²) in [6, 6.07) is 4.35. The molecule has 0 fully saturated rings. The monoisotopic (exact) mass is 294 g/mol. The highest BCUT2D eigenvalue weighted by molar-refractivity contribution is 5.95. The first kappa shape index (κ1) is 17.0. The fraction of sp³-hybridized carbons (Fsp3) is 0.467. The average molecular weight is 294 g/mol. The highest BCUT2D eigenvalue weighted by Gasteiger charge is 2.14. The van der Waals surface area contributed by atoms with Crippen molar-refractivity contribution >= 4 is 17.7 Å². The Morgan fingerprint density at radius 2 is 2.10 bits per heavy atom. The quantitative estimate of drug-likeness (QED) is 0.721. The molecule has 6 heteroatoms. The molecule has 0 spiro atoms. The number of hydrogen-bond acceptors (Lipinski definition) is 3. The van der Waals surface area contributed by atoms with E-state index >= 15 is 0 Å². The SMILES string of the molecule is CCCC(COC)NC(=O)Nc1cccc(C(=O)O)c1C. The maximum atomic E-state index is 12.0. The summed E-state index contributed by atoms with van der Waals surface area (Å²) in [5, 5.41) is 14.6. The number of urea groups is 1. The van der Waals surface area contributed by atoms with Crippen LogP contribution in [0.25, 0.3) is 0 Å². The molecule has 0 aliphatic heterocycles. The van der Waals surface area contributed by atoms with Gasteiger partial charge in [-0.15, -0.1) is 0 Å². The van der Waals surface area contributed by atoms with E-state index < -0.39 is 5.97 Å². The van der Waals surface area contributed by atoms with E-state index in [2.05, 4.69) is 10.6 Å². The first-order chi connectivity index (χ1) is 9.99. The minimum absolute atomic E-state index is 0.0667. The molecule has 0 radical (unpaired) electrons. The molecule has 1 aromatic rings.